The van der Waals surface area contributed by atoms with Crippen LogP contribution in [0.1, 0.15) is 10.4 Å². The highest BCUT2D eigenvalue weighted by atomic mass is 32.2. The monoisotopic (exact) mass is 361 g/mol. The lowest BCUT2D eigenvalue weighted by molar-refractivity contribution is 0.0696. The zero-order chi connectivity index (χ0) is 18.4. The summed E-state index contributed by atoms with van der Waals surface area (Å²) >= 11 is 0. The molecule has 0 aliphatic rings. The zero-order valence-electron chi connectivity index (χ0n) is 13.4. The van der Waals surface area contributed by atoms with Gasteiger partial charge in [0.1, 0.15) is 0 Å². The van der Waals surface area contributed by atoms with E-state index >= 15 is 0 Å². The van der Waals surface area contributed by atoms with Gasteiger partial charge in [-0.05, 0) is 36.4 Å². The molecule has 1 heterocycles. The van der Waals surface area contributed by atoms with Crippen LogP contribution in [0.2, 0.25) is 0 Å². The maximum absolute atomic E-state index is 12.5. The summed E-state index contributed by atoms with van der Waals surface area (Å²) in [5.41, 5.74) is 1.18. The molecule has 0 fully saturated rings. The van der Waals surface area contributed by atoms with Crippen LogP contribution in [0.5, 0.6) is 0 Å². The molecule has 0 saturated heterocycles. The van der Waals surface area contributed by atoms with E-state index in [0.717, 1.165) is 6.07 Å². The Morgan fingerprint density at radius 2 is 1.72 bits per heavy atom. The van der Waals surface area contributed by atoms with Crippen molar-refractivity contribution in [2.75, 3.05) is 4.72 Å². The first-order valence-corrected chi connectivity index (χ1v) is 8.70. The minimum Gasteiger partial charge on any atom is -0.478 e. The second-order valence-electron chi connectivity index (χ2n) is 5.54. The van der Waals surface area contributed by atoms with E-state index in [2.05, 4.69) is 4.72 Å². The molecule has 0 atom stereocenters. The number of benzene rings is 2. The number of carboxylic acids is 1. The van der Waals surface area contributed by atoms with E-state index in [0.29, 0.717) is 11.0 Å². The number of nitrogens with one attached hydrogen (secondary N) is 1. The predicted octanol–water partition coefficient (Wildman–Crippen LogP) is 1.38. The number of aromatic carboxylic acids is 1. The SMILES string of the molecule is Cn1c(=O)n(C)c2cc(NS(=O)(=O)c3cccc(C(=O)O)c3)ccc21. The molecule has 1 aromatic heterocycles. The lowest BCUT2D eigenvalue weighted by Crippen LogP contribution is -2.19. The summed E-state index contributed by atoms with van der Waals surface area (Å²) in [5, 5.41) is 8.99. The van der Waals surface area contributed by atoms with Crippen molar-refractivity contribution in [1.29, 1.82) is 0 Å². The normalized spacial score (nSPS) is 11.6. The zero-order valence-corrected chi connectivity index (χ0v) is 14.2. The molecule has 0 radical (unpaired) electrons. The van der Waals surface area contributed by atoms with Gasteiger partial charge in [0.25, 0.3) is 10.0 Å². The summed E-state index contributed by atoms with van der Waals surface area (Å²) in [6.07, 6.45) is 0. The number of sulfonamides is 1. The average molecular weight is 361 g/mol. The van der Waals surface area contributed by atoms with Gasteiger partial charge in [0.05, 0.1) is 27.2 Å². The van der Waals surface area contributed by atoms with Crippen molar-refractivity contribution in [1.82, 2.24) is 9.13 Å². The van der Waals surface area contributed by atoms with Crippen LogP contribution in [0, 0.1) is 0 Å². The van der Waals surface area contributed by atoms with Gasteiger partial charge >= 0.3 is 11.7 Å². The average Bonchev–Trinajstić information content (AvgIpc) is 2.79. The first kappa shape index (κ1) is 16.8. The largest absolute Gasteiger partial charge is 0.478 e. The summed E-state index contributed by atoms with van der Waals surface area (Å²) in [7, 11) is -0.734. The molecule has 0 saturated carbocycles. The number of nitrogens with zero attached hydrogens (tertiary/aromatic N) is 2. The van der Waals surface area contributed by atoms with Gasteiger partial charge in [-0.3, -0.25) is 13.9 Å². The smallest absolute Gasteiger partial charge is 0.335 e. The van der Waals surface area contributed by atoms with E-state index in [4.69, 9.17) is 5.11 Å². The molecule has 3 rings (SSSR count). The summed E-state index contributed by atoms with van der Waals surface area (Å²) in [6, 6.07) is 9.81. The number of carboxylic acid groups (broad SMARTS) is 1. The Labute approximate surface area is 143 Å². The molecule has 0 spiro atoms. The highest BCUT2D eigenvalue weighted by molar-refractivity contribution is 7.92. The van der Waals surface area contributed by atoms with Crippen LogP contribution in [-0.4, -0.2) is 28.6 Å². The number of imidazole rings is 1. The summed E-state index contributed by atoms with van der Waals surface area (Å²) in [5.74, 6) is -1.21. The van der Waals surface area contributed by atoms with Gasteiger partial charge in [-0.15, -0.1) is 0 Å². The third-order valence-electron chi connectivity index (χ3n) is 3.92. The quantitative estimate of drug-likeness (QED) is 0.729. The summed E-state index contributed by atoms with van der Waals surface area (Å²) in [6.45, 7) is 0. The third-order valence-corrected chi connectivity index (χ3v) is 5.29. The van der Waals surface area contributed by atoms with Gasteiger partial charge in [-0.1, -0.05) is 6.07 Å². The summed E-state index contributed by atoms with van der Waals surface area (Å²) < 4.78 is 30.3. The maximum atomic E-state index is 12.5. The van der Waals surface area contributed by atoms with E-state index in [1.54, 1.807) is 32.3 Å². The number of aromatic nitrogens is 2. The van der Waals surface area contributed by atoms with Crippen molar-refractivity contribution in [2.45, 2.75) is 4.90 Å². The molecule has 0 aliphatic heterocycles. The van der Waals surface area contributed by atoms with E-state index in [-0.39, 0.29) is 21.8 Å². The second kappa shape index (κ2) is 5.78. The van der Waals surface area contributed by atoms with Crippen LogP contribution >= 0.6 is 0 Å². The number of carbonyl (C=O) groups is 1. The second-order valence-corrected chi connectivity index (χ2v) is 7.22. The van der Waals surface area contributed by atoms with Crippen LogP contribution in [-0.2, 0) is 24.1 Å². The topological polar surface area (TPSA) is 110 Å². The van der Waals surface area contributed by atoms with Gasteiger partial charge in [0.15, 0.2) is 0 Å². The maximum Gasteiger partial charge on any atom is 0.335 e. The first-order chi connectivity index (χ1) is 11.7. The standard InChI is InChI=1S/C16H15N3O5S/c1-18-13-7-6-11(9-14(13)19(2)16(18)22)17-25(23,24)12-5-3-4-10(8-12)15(20)21/h3-9,17H,1-2H3,(H,20,21). The van der Waals surface area contributed by atoms with Crippen molar-refractivity contribution in [3.63, 3.8) is 0 Å². The molecular formula is C16H15N3O5S. The predicted molar refractivity (Wildman–Crippen MR) is 92.4 cm³/mol. The molecule has 2 aromatic carbocycles. The van der Waals surface area contributed by atoms with Crippen LogP contribution in [0.25, 0.3) is 11.0 Å². The van der Waals surface area contributed by atoms with Crippen molar-refractivity contribution in [3.05, 3.63) is 58.5 Å². The van der Waals surface area contributed by atoms with Gasteiger partial charge < -0.3 is 5.11 Å². The molecular weight excluding hydrogens is 346 g/mol. The number of rotatable bonds is 4. The van der Waals surface area contributed by atoms with E-state index in [1.807, 2.05) is 0 Å². The third kappa shape index (κ3) is 2.89. The van der Waals surface area contributed by atoms with E-state index in [1.165, 1.54) is 27.3 Å². The first-order valence-electron chi connectivity index (χ1n) is 7.22. The molecule has 2 N–H and O–H groups in total. The van der Waals surface area contributed by atoms with Crippen LogP contribution in [0.4, 0.5) is 5.69 Å². The molecule has 0 aliphatic carbocycles. The Bertz CT molecular complexity index is 1160. The fourth-order valence-electron chi connectivity index (χ4n) is 2.58. The number of hydrogen-bond acceptors (Lipinski definition) is 4. The molecule has 0 unspecified atom stereocenters. The Balaban J connectivity index is 2.02. The Kier molecular flexibility index (Phi) is 3.88. The van der Waals surface area contributed by atoms with Gasteiger partial charge in [0, 0.05) is 14.1 Å². The van der Waals surface area contributed by atoms with Gasteiger partial charge in [-0.2, -0.15) is 0 Å². The molecule has 0 bridgehead atoms. The number of anilines is 1. The summed E-state index contributed by atoms with van der Waals surface area (Å²) in [4.78, 5) is 22.8. The van der Waals surface area contributed by atoms with Crippen LogP contribution in [0.3, 0.4) is 0 Å². The molecule has 130 valence electrons. The number of fused-ring (bicyclic) bond motifs is 1. The van der Waals surface area contributed by atoms with Crippen LogP contribution in [0.15, 0.2) is 52.2 Å². The lowest BCUT2D eigenvalue weighted by atomic mass is 10.2. The lowest BCUT2D eigenvalue weighted by Gasteiger charge is -2.09. The highest BCUT2D eigenvalue weighted by Crippen LogP contribution is 2.21. The number of aryl methyl sites for hydroxylation is 2. The van der Waals surface area contributed by atoms with Crippen molar-refractivity contribution in [2.24, 2.45) is 14.1 Å². The minimum atomic E-state index is -3.96. The molecule has 0 amide bonds. The minimum absolute atomic E-state index is 0.121. The van der Waals surface area contributed by atoms with Crippen LogP contribution < -0.4 is 10.4 Å². The highest BCUT2D eigenvalue weighted by Gasteiger charge is 2.17. The van der Waals surface area contributed by atoms with Crippen molar-refractivity contribution in [3.8, 4) is 0 Å². The van der Waals surface area contributed by atoms with Crippen molar-refractivity contribution < 1.29 is 18.3 Å². The van der Waals surface area contributed by atoms with E-state index < -0.39 is 16.0 Å². The number of hydrogen-bond donors (Lipinski definition) is 2. The fraction of sp³-hybridized carbons (Fsp3) is 0.125. The Hall–Kier alpha value is -3.07. The van der Waals surface area contributed by atoms with E-state index in [9.17, 15) is 18.0 Å². The molecule has 8 nitrogen and oxygen atoms in total. The molecule has 9 heteroatoms. The Morgan fingerprint density at radius 1 is 1.04 bits per heavy atom. The molecule has 3 aromatic rings. The fourth-order valence-corrected chi connectivity index (χ4v) is 3.68. The van der Waals surface area contributed by atoms with Gasteiger partial charge in [0.2, 0.25) is 0 Å². The Morgan fingerprint density at radius 3 is 2.40 bits per heavy atom. The van der Waals surface area contributed by atoms with Crippen molar-refractivity contribution >= 4 is 32.7 Å². The van der Waals surface area contributed by atoms with Gasteiger partial charge in [-0.25, -0.2) is 18.0 Å². The molecule has 25 heavy (non-hydrogen) atoms.